The molecule has 1 aromatic carbocycles. The van der Waals surface area contributed by atoms with Crippen molar-refractivity contribution < 1.29 is 24.2 Å². The molecule has 0 spiro atoms. The summed E-state index contributed by atoms with van der Waals surface area (Å²) in [5, 5.41) is 8.85. The molecular weight excluding hydrogens is 348 g/mol. The summed E-state index contributed by atoms with van der Waals surface area (Å²) in [6, 6.07) is 7.22. The molecule has 0 radical (unpaired) electrons. The van der Waals surface area contributed by atoms with Crippen LogP contribution in [0.15, 0.2) is 24.3 Å². The number of carbonyl (C=O) groups excluding carboxylic acids is 1. The number of amides is 1. The number of hydrogen-bond donors (Lipinski definition) is 1. The fourth-order valence-corrected chi connectivity index (χ4v) is 2.95. The number of nitrogens with zero attached hydrogens (tertiary/aromatic N) is 2. The lowest BCUT2D eigenvalue weighted by molar-refractivity contribution is -0.138. The number of benzene rings is 1. The number of likely N-dealkylation sites (N-methyl/N-ethyl adjacent to an activating group) is 1. The fourth-order valence-electron chi connectivity index (χ4n) is 2.95. The lowest BCUT2D eigenvalue weighted by Gasteiger charge is -2.34. The van der Waals surface area contributed by atoms with Crippen LogP contribution in [0, 0.1) is 5.92 Å². The molecule has 1 aliphatic heterocycles. The highest BCUT2D eigenvalue weighted by Crippen LogP contribution is 2.16. The first kappa shape index (κ1) is 21.2. The summed E-state index contributed by atoms with van der Waals surface area (Å²) in [6.07, 6.45) is 0.803. The zero-order valence-corrected chi connectivity index (χ0v) is 16.4. The van der Waals surface area contributed by atoms with Gasteiger partial charge in [-0.3, -0.25) is 14.5 Å². The minimum Gasteiger partial charge on any atom is -0.494 e. The number of carboxylic acid groups (broad SMARTS) is 1. The summed E-state index contributed by atoms with van der Waals surface area (Å²) in [4.78, 5) is 27.0. The van der Waals surface area contributed by atoms with Gasteiger partial charge in [0.2, 0.25) is 0 Å². The summed E-state index contributed by atoms with van der Waals surface area (Å²) in [7, 11) is 1.73. The summed E-state index contributed by atoms with van der Waals surface area (Å²) in [6.45, 7) is 6.83. The van der Waals surface area contributed by atoms with Crippen molar-refractivity contribution in [3.8, 4) is 5.75 Å². The van der Waals surface area contributed by atoms with E-state index in [9.17, 15) is 9.59 Å². The van der Waals surface area contributed by atoms with E-state index in [0.29, 0.717) is 44.3 Å². The van der Waals surface area contributed by atoms with E-state index in [0.717, 1.165) is 12.2 Å². The van der Waals surface area contributed by atoms with Gasteiger partial charge >= 0.3 is 5.97 Å². The highest BCUT2D eigenvalue weighted by atomic mass is 16.5. The fraction of sp³-hybridized carbons (Fsp3) is 0.600. The van der Waals surface area contributed by atoms with E-state index in [-0.39, 0.29) is 18.6 Å². The maximum absolute atomic E-state index is 12.7. The molecule has 0 bridgehead atoms. The molecule has 1 atom stereocenters. The Morgan fingerprint density at radius 3 is 2.67 bits per heavy atom. The van der Waals surface area contributed by atoms with E-state index in [1.165, 1.54) is 0 Å². The maximum Gasteiger partial charge on any atom is 0.317 e. The van der Waals surface area contributed by atoms with Crippen molar-refractivity contribution in [1.82, 2.24) is 9.80 Å². The first-order valence-electron chi connectivity index (χ1n) is 9.39. The monoisotopic (exact) mass is 378 g/mol. The van der Waals surface area contributed by atoms with Crippen LogP contribution in [0.5, 0.6) is 5.75 Å². The molecule has 0 saturated carbocycles. The molecule has 1 N–H and O–H groups in total. The Hall–Kier alpha value is -2.12. The van der Waals surface area contributed by atoms with Gasteiger partial charge in [-0.05, 0) is 43.7 Å². The smallest absolute Gasteiger partial charge is 0.317 e. The van der Waals surface area contributed by atoms with Gasteiger partial charge in [-0.2, -0.15) is 0 Å². The molecule has 1 aromatic rings. The minimum absolute atomic E-state index is 0.0436. The third-order valence-corrected chi connectivity index (χ3v) is 4.41. The van der Waals surface area contributed by atoms with Gasteiger partial charge in [-0.15, -0.1) is 0 Å². The van der Waals surface area contributed by atoms with Crippen LogP contribution in [0.3, 0.4) is 0 Å². The van der Waals surface area contributed by atoms with E-state index >= 15 is 0 Å². The van der Waals surface area contributed by atoms with Gasteiger partial charge in [-0.25, -0.2) is 0 Å². The Morgan fingerprint density at radius 1 is 1.33 bits per heavy atom. The number of morpholine rings is 1. The average Bonchev–Trinajstić information content (AvgIpc) is 2.61. The highest BCUT2D eigenvalue weighted by molar-refractivity contribution is 5.94. The van der Waals surface area contributed by atoms with E-state index in [1.807, 2.05) is 12.1 Å². The first-order valence-corrected chi connectivity index (χ1v) is 9.39. The summed E-state index contributed by atoms with van der Waals surface area (Å²) >= 11 is 0. The van der Waals surface area contributed by atoms with Crippen LogP contribution in [0.4, 0.5) is 0 Å². The average molecular weight is 378 g/mol. The molecule has 1 saturated heterocycles. The van der Waals surface area contributed by atoms with Crippen molar-refractivity contribution in [2.45, 2.75) is 26.4 Å². The predicted octanol–water partition coefficient (Wildman–Crippen LogP) is 1.97. The van der Waals surface area contributed by atoms with E-state index in [1.54, 1.807) is 29.0 Å². The standard InChI is InChI=1S/C20H30N2O5/c1-15(2)8-10-26-17-6-4-16(5-7-17)20(25)22-9-11-27-18(13-22)12-21(3)14-19(23)24/h4-7,15,18H,8-14H2,1-3H3,(H,23,24). The third-order valence-electron chi connectivity index (χ3n) is 4.41. The van der Waals surface area contributed by atoms with Crippen molar-refractivity contribution >= 4 is 11.9 Å². The van der Waals surface area contributed by atoms with Gasteiger partial charge in [0.15, 0.2) is 0 Å². The molecule has 1 aliphatic rings. The highest BCUT2D eigenvalue weighted by Gasteiger charge is 2.26. The molecule has 1 unspecified atom stereocenters. The molecule has 150 valence electrons. The van der Waals surface area contributed by atoms with Crippen LogP contribution in [-0.4, -0.2) is 79.3 Å². The van der Waals surface area contributed by atoms with Crippen molar-refractivity contribution in [2.75, 3.05) is 46.4 Å². The Morgan fingerprint density at radius 2 is 2.04 bits per heavy atom. The molecule has 1 heterocycles. The van der Waals surface area contributed by atoms with Gasteiger partial charge < -0.3 is 19.5 Å². The molecule has 1 fully saturated rings. The zero-order chi connectivity index (χ0) is 19.8. The van der Waals surface area contributed by atoms with Gasteiger partial charge in [0.05, 0.1) is 25.9 Å². The zero-order valence-electron chi connectivity index (χ0n) is 16.4. The predicted molar refractivity (Wildman–Crippen MR) is 102 cm³/mol. The van der Waals surface area contributed by atoms with Gasteiger partial charge in [0.25, 0.3) is 5.91 Å². The maximum atomic E-state index is 12.7. The quantitative estimate of drug-likeness (QED) is 0.708. The first-order chi connectivity index (χ1) is 12.8. The molecule has 7 nitrogen and oxygen atoms in total. The Kier molecular flexibility index (Phi) is 8.06. The van der Waals surface area contributed by atoms with Gasteiger partial charge in [-0.1, -0.05) is 13.8 Å². The lowest BCUT2D eigenvalue weighted by atomic mass is 10.1. The third kappa shape index (κ3) is 7.19. The molecular formula is C20H30N2O5. The number of ether oxygens (including phenoxy) is 2. The van der Waals surface area contributed by atoms with Crippen LogP contribution in [0.2, 0.25) is 0 Å². The van der Waals surface area contributed by atoms with Crippen molar-refractivity contribution in [3.63, 3.8) is 0 Å². The second-order valence-electron chi connectivity index (χ2n) is 7.39. The van der Waals surface area contributed by atoms with Crippen LogP contribution in [0.1, 0.15) is 30.6 Å². The van der Waals surface area contributed by atoms with Crippen molar-refractivity contribution in [2.24, 2.45) is 5.92 Å². The Labute approximate surface area is 160 Å². The van der Waals surface area contributed by atoms with Gasteiger partial charge in [0, 0.05) is 25.2 Å². The molecule has 0 aliphatic carbocycles. The Balaban J connectivity index is 1.87. The molecule has 7 heteroatoms. The van der Waals surface area contributed by atoms with E-state index in [4.69, 9.17) is 14.6 Å². The number of rotatable bonds is 9. The van der Waals surface area contributed by atoms with Crippen molar-refractivity contribution in [3.05, 3.63) is 29.8 Å². The second kappa shape index (κ2) is 10.3. The summed E-state index contributed by atoms with van der Waals surface area (Å²) in [5.41, 5.74) is 0.616. The normalized spacial score (nSPS) is 17.4. The molecule has 27 heavy (non-hydrogen) atoms. The minimum atomic E-state index is -0.878. The van der Waals surface area contributed by atoms with Crippen LogP contribution < -0.4 is 4.74 Å². The second-order valence-corrected chi connectivity index (χ2v) is 7.39. The van der Waals surface area contributed by atoms with E-state index < -0.39 is 5.97 Å². The van der Waals surface area contributed by atoms with Crippen molar-refractivity contribution in [1.29, 1.82) is 0 Å². The van der Waals surface area contributed by atoms with Crippen LogP contribution >= 0.6 is 0 Å². The molecule has 1 amide bonds. The molecule has 0 aromatic heterocycles. The number of hydrogen-bond acceptors (Lipinski definition) is 5. The lowest BCUT2D eigenvalue weighted by Crippen LogP contribution is -2.49. The van der Waals surface area contributed by atoms with Crippen LogP contribution in [-0.2, 0) is 9.53 Å². The topological polar surface area (TPSA) is 79.3 Å². The van der Waals surface area contributed by atoms with Crippen LogP contribution in [0.25, 0.3) is 0 Å². The SMILES string of the molecule is CC(C)CCOc1ccc(C(=O)N2CCOC(CN(C)CC(=O)O)C2)cc1. The summed E-state index contributed by atoms with van der Waals surface area (Å²) < 4.78 is 11.4. The van der Waals surface area contributed by atoms with E-state index in [2.05, 4.69) is 13.8 Å². The molecule has 2 rings (SSSR count). The Bertz CT molecular complexity index is 617. The number of aliphatic carboxylic acids is 1. The van der Waals surface area contributed by atoms with Gasteiger partial charge in [0.1, 0.15) is 5.75 Å². The number of carboxylic acids is 1. The largest absolute Gasteiger partial charge is 0.494 e. The number of carbonyl (C=O) groups is 2. The summed E-state index contributed by atoms with van der Waals surface area (Å²) in [5.74, 6) is 0.437.